The highest BCUT2D eigenvalue weighted by Crippen LogP contribution is 2.51. The van der Waals surface area contributed by atoms with Crippen molar-refractivity contribution in [1.82, 2.24) is 0 Å². The number of hydrogen-bond donors (Lipinski definition) is 1. The van der Waals surface area contributed by atoms with Crippen molar-refractivity contribution in [1.29, 1.82) is 0 Å². The number of carbonyl (C=O) groups is 3. The van der Waals surface area contributed by atoms with E-state index in [1.807, 2.05) is 6.92 Å². The van der Waals surface area contributed by atoms with Crippen molar-refractivity contribution in [2.75, 3.05) is 13.2 Å². The fourth-order valence-electron chi connectivity index (χ4n) is 4.87. The van der Waals surface area contributed by atoms with Crippen LogP contribution in [-0.2, 0) is 28.6 Å². The second-order valence-corrected chi connectivity index (χ2v) is 8.01. The predicted molar refractivity (Wildman–Crippen MR) is 103 cm³/mol. The van der Waals surface area contributed by atoms with Crippen molar-refractivity contribution in [3.05, 3.63) is 35.5 Å². The molecule has 0 aromatic carbocycles. The Kier molecular flexibility index (Phi) is 6.27. The van der Waals surface area contributed by atoms with Gasteiger partial charge in [0, 0.05) is 25.0 Å². The lowest BCUT2D eigenvalue weighted by molar-refractivity contribution is -0.150. The molecule has 3 rings (SSSR count). The molecule has 1 heterocycles. The number of aliphatic hydroxyl groups is 1. The van der Waals surface area contributed by atoms with E-state index in [1.54, 1.807) is 6.92 Å². The van der Waals surface area contributed by atoms with E-state index in [0.29, 0.717) is 12.0 Å². The van der Waals surface area contributed by atoms with Crippen molar-refractivity contribution < 1.29 is 33.7 Å². The van der Waals surface area contributed by atoms with Crippen LogP contribution in [0.5, 0.6) is 0 Å². The minimum atomic E-state index is -0.658. The molecule has 0 radical (unpaired) electrons. The first-order valence-corrected chi connectivity index (χ1v) is 9.95. The van der Waals surface area contributed by atoms with E-state index in [1.165, 1.54) is 13.0 Å². The smallest absolute Gasteiger partial charge is 0.337 e. The van der Waals surface area contributed by atoms with Gasteiger partial charge in [0.15, 0.2) is 0 Å². The van der Waals surface area contributed by atoms with Crippen LogP contribution in [0.1, 0.15) is 33.6 Å². The molecule has 6 atom stereocenters. The van der Waals surface area contributed by atoms with Gasteiger partial charge in [-0.05, 0) is 38.5 Å². The van der Waals surface area contributed by atoms with Crippen LogP contribution in [0.3, 0.4) is 0 Å². The van der Waals surface area contributed by atoms with E-state index in [0.717, 1.165) is 12.0 Å². The summed E-state index contributed by atoms with van der Waals surface area (Å²) in [7, 11) is 0. The number of rotatable bonds is 5. The second-order valence-electron chi connectivity index (χ2n) is 8.01. The van der Waals surface area contributed by atoms with Crippen LogP contribution in [-0.4, -0.2) is 48.4 Å². The van der Waals surface area contributed by atoms with Gasteiger partial charge in [0.05, 0.1) is 11.5 Å². The number of esters is 3. The lowest BCUT2D eigenvalue weighted by Gasteiger charge is -2.29. The van der Waals surface area contributed by atoms with Crippen LogP contribution in [0.2, 0.25) is 0 Å². The van der Waals surface area contributed by atoms with Gasteiger partial charge in [-0.25, -0.2) is 9.59 Å². The first-order valence-electron chi connectivity index (χ1n) is 9.95. The molecule has 0 spiro atoms. The topological polar surface area (TPSA) is 99.1 Å². The molecular formula is C22H28O7. The average Bonchev–Trinajstić information content (AvgIpc) is 3.14. The predicted octanol–water partition coefficient (Wildman–Crippen LogP) is 2.10. The van der Waals surface area contributed by atoms with E-state index in [9.17, 15) is 19.5 Å². The molecule has 0 amide bonds. The lowest BCUT2D eigenvalue weighted by atomic mass is 9.78. The zero-order valence-electron chi connectivity index (χ0n) is 17.1. The van der Waals surface area contributed by atoms with Crippen LogP contribution < -0.4 is 0 Å². The van der Waals surface area contributed by atoms with Gasteiger partial charge in [-0.2, -0.15) is 0 Å². The van der Waals surface area contributed by atoms with E-state index >= 15 is 0 Å². The number of ether oxygens (including phenoxy) is 3. The van der Waals surface area contributed by atoms with E-state index in [4.69, 9.17) is 14.2 Å². The lowest BCUT2D eigenvalue weighted by Crippen LogP contribution is -2.36. The van der Waals surface area contributed by atoms with Crippen LogP contribution >= 0.6 is 0 Å². The van der Waals surface area contributed by atoms with Crippen LogP contribution in [0.4, 0.5) is 0 Å². The molecular weight excluding hydrogens is 376 g/mol. The minimum absolute atomic E-state index is 0.0220. The van der Waals surface area contributed by atoms with Crippen molar-refractivity contribution >= 4 is 17.9 Å². The Bertz CT molecular complexity index is 778. The molecule has 7 heteroatoms. The van der Waals surface area contributed by atoms with Crippen molar-refractivity contribution in [3.63, 3.8) is 0 Å². The Morgan fingerprint density at radius 2 is 2.10 bits per heavy atom. The highest BCUT2D eigenvalue weighted by Gasteiger charge is 2.55. The van der Waals surface area contributed by atoms with Gasteiger partial charge in [0.25, 0.3) is 0 Å². The SMILES string of the molecule is C=C1C(=O)O[C@@H]2[C@H]3C(C)=CC[C@H]3[C@@H](CO)CC(OC(=O)/C(=C/C)COC(C)=O)[C@@H]12. The normalized spacial score (nSPS) is 33.9. The molecule has 1 N–H and O–H groups in total. The van der Waals surface area contributed by atoms with Gasteiger partial charge in [0.1, 0.15) is 18.8 Å². The third-order valence-corrected chi connectivity index (χ3v) is 6.39. The molecule has 0 bridgehead atoms. The zero-order valence-corrected chi connectivity index (χ0v) is 17.1. The molecule has 2 aliphatic carbocycles. The second kappa shape index (κ2) is 8.53. The van der Waals surface area contributed by atoms with Crippen molar-refractivity contribution in [3.8, 4) is 0 Å². The summed E-state index contributed by atoms with van der Waals surface area (Å²) < 4.78 is 16.4. The monoisotopic (exact) mass is 404 g/mol. The number of allylic oxidation sites excluding steroid dienone is 2. The van der Waals surface area contributed by atoms with E-state index in [-0.39, 0.29) is 36.5 Å². The fourth-order valence-corrected chi connectivity index (χ4v) is 4.87. The van der Waals surface area contributed by atoms with Gasteiger partial charge in [-0.15, -0.1) is 0 Å². The van der Waals surface area contributed by atoms with E-state index in [2.05, 4.69) is 12.7 Å². The molecule has 0 aromatic rings. The summed E-state index contributed by atoms with van der Waals surface area (Å²) in [6.07, 6.45) is 3.75. The highest BCUT2D eigenvalue weighted by molar-refractivity contribution is 5.92. The minimum Gasteiger partial charge on any atom is -0.461 e. The number of carbonyl (C=O) groups excluding carboxylic acids is 3. The zero-order chi connectivity index (χ0) is 21.3. The summed E-state index contributed by atoms with van der Waals surface area (Å²) in [5.74, 6) is -2.03. The Morgan fingerprint density at radius 3 is 2.72 bits per heavy atom. The van der Waals surface area contributed by atoms with Gasteiger partial charge < -0.3 is 19.3 Å². The fraction of sp³-hybridized carbons (Fsp3) is 0.591. The summed E-state index contributed by atoms with van der Waals surface area (Å²) in [5, 5.41) is 10.0. The van der Waals surface area contributed by atoms with Crippen molar-refractivity contribution in [2.45, 2.75) is 45.8 Å². The molecule has 158 valence electrons. The third-order valence-electron chi connectivity index (χ3n) is 6.39. The Balaban J connectivity index is 1.87. The van der Waals surface area contributed by atoms with Crippen molar-refractivity contribution in [2.24, 2.45) is 23.7 Å². The van der Waals surface area contributed by atoms with Crippen LogP contribution in [0, 0.1) is 23.7 Å². The van der Waals surface area contributed by atoms with Crippen LogP contribution in [0.15, 0.2) is 35.5 Å². The molecule has 0 aromatic heterocycles. The molecule has 1 unspecified atom stereocenters. The summed E-state index contributed by atoms with van der Waals surface area (Å²) in [4.78, 5) is 36.1. The molecule has 2 fully saturated rings. The van der Waals surface area contributed by atoms with E-state index < -0.39 is 36.0 Å². The van der Waals surface area contributed by atoms with Gasteiger partial charge in [-0.1, -0.05) is 24.3 Å². The average molecular weight is 404 g/mol. The molecule has 1 saturated heterocycles. The maximum Gasteiger partial charge on any atom is 0.337 e. The molecule has 1 aliphatic heterocycles. The van der Waals surface area contributed by atoms with Gasteiger partial charge in [-0.3, -0.25) is 4.79 Å². The number of fused-ring (bicyclic) bond motifs is 3. The molecule has 29 heavy (non-hydrogen) atoms. The first kappa shape index (κ1) is 21.3. The summed E-state index contributed by atoms with van der Waals surface area (Å²) >= 11 is 0. The highest BCUT2D eigenvalue weighted by atomic mass is 16.6. The first-order chi connectivity index (χ1) is 13.8. The Hall–Kier alpha value is -2.41. The molecule has 1 saturated carbocycles. The quantitative estimate of drug-likeness (QED) is 0.324. The summed E-state index contributed by atoms with van der Waals surface area (Å²) in [6, 6.07) is 0. The maximum absolute atomic E-state index is 12.7. The third kappa shape index (κ3) is 4.01. The Morgan fingerprint density at radius 1 is 1.38 bits per heavy atom. The standard InChI is InChI=1S/C22H28O7/c1-5-14(10-27-13(4)24)22(26)28-17-8-15(9-23)16-7-6-11(2)18(16)20-19(17)12(3)21(25)29-20/h5-6,15-20,23H,3,7-10H2,1-2,4H3/b14-5+/t15-,16+,17?,18+,19-,20-/m1/s1. The van der Waals surface area contributed by atoms with Crippen LogP contribution in [0.25, 0.3) is 0 Å². The maximum atomic E-state index is 12.7. The summed E-state index contributed by atoms with van der Waals surface area (Å²) in [5.41, 5.74) is 1.64. The Labute approximate surface area is 170 Å². The summed E-state index contributed by atoms with van der Waals surface area (Å²) in [6.45, 7) is 8.61. The molecule has 7 nitrogen and oxygen atoms in total. The molecule has 3 aliphatic rings. The largest absolute Gasteiger partial charge is 0.461 e. The van der Waals surface area contributed by atoms with Gasteiger partial charge in [0.2, 0.25) is 0 Å². The van der Waals surface area contributed by atoms with Gasteiger partial charge >= 0.3 is 17.9 Å². The number of hydrogen-bond acceptors (Lipinski definition) is 7. The number of aliphatic hydroxyl groups excluding tert-OH is 1.